The number of hydrogen-bond donors (Lipinski definition) is 3. The topological polar surface area (TPSA) is 56.9 Å². The number of nitrogens with one attached hydrogen (secondary N) is 3. The van der Waals surface area contributed by atoms with Gasteiger partial charge in [0.15, 0.2) is 0 Å². The summed E-state index contributed by atoms with van der Waals surface area (Å²) in [5, 5.41) is 7.51. The summed E-state index contributed by atoms with van der Waals surface area (Å²) in [7, 11) is 2.00. The number of fused-ring (bicyclic) bond motifs is 1. The molecule has 0 unspecified atom stereocenters. The quantitative estimate of drug-likeness (QED) is 0.478. The summed E-state index contributed by atoms with van der Waals surface area (Å²) >= 11 is 0. The molecule has 0 aliphatic rings. The Hall–Kier alpha value is -1.81. The van der Waals surface area contributed by atoms with Crippen molar-refractivity contribution >= 4 is 16.8 Å². The molecule has 1 aromatic carbocycles. The Kier molecular flexibility index (Phi) is 9.13. The minimum atomic E-state index is 0.189. The molecule has 1 aromatic heterocycles. The average molecular weight is 344 g/mol. The molecule has 0 aliphatic heterocycles. The molecule has 1 amide bonds. The molecule has 4 heteroatoms. The van der Waals surface area contributed by atoms with Crippen LogP contribution in [-0.2, 0) is 11.2 Å². The van der Waals surface area contributed by atoms with Crippen LogP contribution >= 0.6 is 0 Å². The number of benzene rings is 1. The summed E-state index contributed by atoms with van der Waals surface area (Å²) in [4.78, 5) is 15.2. The second-order valence-electron chi connectivity index (χ2n) is 6.79. The Morgan fingerprint density at radius 2 is 1.68 bits per heavy atom. The maximum absolute atomic E-state index is 11.9. The number of rotatable bonds is 13. The highest BCUT2D eigenvalue weighted by Gasteiger charge is 2.05. The number of unbranched alkanes of at least 4 members (excludes halogenated alkanes) is 5. The van der Waals surface area contributed by atoms with Crippen LogP contribution < -0.4 is 10.6 Å². The number of aryl methyl sites for hydroxylation is 1. The van der Waals surface area contributed by atoms with E-state index in [1.165, 1.54) is 48.6 Å². The monoisotopic (exact) mass is 343 g/mol. The first kappa shape index (κ1) is 19.5. The van der Waals surface area contributed by atoms with E-state index in [-0.39, 0.29) is 5.91 Å². The molecule has 0 saturated heterocycles. The Balaban J connectivity index is 1.49. The second kappa shape index (κ2) is 11.7. The molecule has 2 aromatic rings. The van der Waals surface area contributed by atoms with Crippen LogP contribution in [0.2, 0.25) is 0 Å². The highest BCUT2D eigenvalue weighted by molar-refractivity contribution is 5.83. The molecule has 2 rings (SSSR count). The predicted molar refractivity (Wildman–Crippen MR) is 106 cm³/mol. The molecule has 0 fully saturated rings. The molecular formula is C21H33N3O. The first-order chi connectivity index (χ1) is 12.3. The number of carbonyl (C=O) groups excluding carboxylic acids is 1. The molecule has 0 saturated carbocycles. The second-order valence-corrected chi connectivity index (χ2v) is 6.79. The van der Waals surface area contributed by atoms with Crippen LogP contribution in [0.3, 0.4) is 0 Å². The van der Waals surface area contributed by atoms with Crippen molar-refractivity contribution in [3.63, 3.8) is 0 Å². The fourth-order valence-electron chi connectivity index (χ4n) is 3.23. The number of carbonyl (C=O) groups is 1. The van der Waals surface area contributed by atoms with E-state index in [0.29, 0.717) is 6.42 Å². The van der Waals surface area contributed by atoms with Crippen molar-refractivity contribution in [3.05, 3.63) is 36.0 Å². The molecule has 1 heterocycles. The zero-order chi connectivity index (χ0) is 17.7. The standard InChI is InChI=1S/C21H33N3O/c1-22-15-8-4-2-3-5-9-16-23-21(25)14-10-11-18-17-24-20-13-7-6-12-19(18)20/h6-7,12-13,17,22,24H,2-5,8-11,14-16H2,1H3,(H,23,25). The fraction of sp³-hybridized carbons (Fsp3) is 0.571. The number of H-pyrrole nitrogens is 1. The Morgan fingerprint density at radius 3 is 2.48 bits per heavy atom. The molecule has 0 aliphatic carbocycles. The van der Waals surface area contributed by atoms with Gasteiger partial charge < -0.3 is 15.6 Å². The Morgan fingerprint density at radius 1 is 0.960 bits per heavy atom. The largest absolute Gasteiger partial charge is 0.361 e. The van der Waals surface area contributed by atoms with Gasteiger partial charge in [-0.2, -0.15) is 0 Å². The lowest BCUT2D eigenvalue weighted by Crippen LogP contribution is -2.24. The first-order valence-electron chi connectivity index (χ1n) is 9.77. The van der Waals surface area contributed by atoms with Gasteiger partial charge in [-0.15, -0.1) is 0 Å². The van der Waals surface area contributed by atoms with Crippen LogP contribution in [0.25, 0.3) is 10.9 Å². The summed E-state index contributed by atoms with van der Waals surface area (Å²) in [6, 6.07) is 8.33. The molecule has 138 valence electrons. The number of amides is 1. The maximum Gasteiger partial charge on any atom is 0.220 e. The lowest BCUT2D eigenvalue weighted by molar-refractivity contribution is -0.121. The molecule has 3 N–H and O–H groups in total. The van der Waals surface area contributed by atoms with Crippen molar-refractivity contribution in [2.24, 2.45) is 0 Å². The zero-order valence-corrected chi connectivity index (χ0v) is 15.6. The van der Waals surface area contributed by atoms with Gasteiger partial charge in [0.05, 0.1) is 0 Å². The van der Waals surface area contributed by atoms with Gasteiger partial charge >= 0.3 is 0 Å². The van der Waals surface area contributed by atoms with Crippen LogP contribution in [-0.4, -0.2) is 31.0 Å². The van der Waals surface area contributed by atoms with E-state index in [0.717, 1.165) is 32.4 Å². The van der Waals surface area contributed by atoms with Crippen LogP contribution in [0.4, 0.5) is 0 Å². The summed E-state index contributed by atoms with van der Waals surface area (Å²) in [5.74, 6) is 0.189. The van der Waals surface area contributed by atoms with E-state index in [1.54, 1.807) is 0 Å². The van der Waals surface area contributed by atoms with Gasteiger partial charge in [-0.3, -0.25) is 4.79 Å². The van der Waals surface area contributed by atoms with Gasteiger partial charge in [0, 0.05) is 30.1 Å². The van der Waals surface area contributed by atoms with E-state index in [9.17, 15) is 4.79 Å². The van der Waals surface area contributed by atoms with Crippen LogP contribution in [0.1, 0.15) is 56.9 Å². The van der Waals surface area contributed by atoms with Gasteiger partial charge in [-0.25, -0.2) is 0 Å². The third-order valence-electron chi connectivity index (χ3n) is 4.70. The molecule has 0 spiro atoms. The number of aromatic nitrogens is 1. The fourth-order valence-corrected chi connectivity index (χ4v) is 3.23. The van der Waals surface area contributed by atoms with Gasteiger partial charge in [0.2, 0.25) is 5.91 Å². The maximum atomic E-state index is 11.9. The first-order valence-corrected chi connectivity index (χ1v) is 9.77. The van der Waals surface area contributed by atoms with Gasteiger partial charge in [0.1, 0.15) is 0 Å². The van der Waals surface area contributed by atoms with Gasteiger partial charge in [-0.1, -0.05) is 43.9 Å². The lowest BCUT2D eigenvalue weighted by Gasteiger charge is -2.05. The SMILES string of the molecule is CNCCCCCCCCNC(=O)CCCc1c[nH]c2ccccc12. The molecule has 0 radical (unpaired) electrons. The normalized spacial score (nSPS) is 11.1. The van der Waals surface area contributed by atoms with Gasteiger partial charge in [-0.05, 0) is 50.9 Å². The predicted octanol–water partition coefficient (Wildman–Crippen LogP) is 4.17. The average Bonchev–Trinajstić information content (AvgIpc) is 3.04. The summed E-state index contributed by atoms with van der Waals surface area (Å²) < 4.78 is 0. The highest BCUT2D eigenvalue weighted by atomic mass is 16.1. The van der Waals surface area contributed by atoms with Crippen molar-refractivity contribution in [2.75, 3.05) is 20.1 Å². The van der Waals surface area contributed by atoms with E-state index < -0.39 is 0 Å². The third kappa shape index (κ3) is 7.30. The number of para-hydroxylation sites is 1. The molecular weight excluding hydrogens is 310 g/mol. The van der Waals surface area contributed by atoms with Crippen LogP contribution in [0.15, 0.2) is 30.5 Å². The van der Waals surface area contributed by atoms with Crippen LogP contribution in [0.5, 0.6) is 0 Å². The van der Waals surface area contributed by atoms with Crippen LogP contribution in [0, 0.1) is 0 Å². The summed E-state index contributed by atoms with van der Waals surface area (Å²) in [6.07, 6.45) is 12.0. The van der Waals surface area contributed by atoms with Crippen molar-refractivity contribution in [3.8, 4) is 0 Å². The van der Waals surface area contributed by atoms with Crippen molar-refractivity contribution < 1.29 is 4.79 Å². The molecule has 4 nitrogen and oxygen atoms in total. The Bertz CT molecular complexity index is 620. The number of aromatic amines is 1. The molecule has 25 heavy (non-hydrogen) atoms. The minimum Gasteiger partial charge on any atom is -0.361 e. The molecule has 0 bridgehead atoms. The van der Waals surface area contributed by atoms with E-state index in [1.807, 2.05) is 13.1 Å². The highest BCUT2D eigenvalue weighted by Crippen LogP contribution is 2.19. The Labute approximate surface area is 151 Å². The van der Waals surface area contributed by atoms with Crippen molar-refractivity contribution in [2.45, 2.75) is 57.8 Å². The van der Waals surface area contributed by atoms with Crippen molar-refractivity contribution in [1.29, 1.82) is 0 Å². The lowest BCUT2D eigenvalue weighted by atomic mass is 10.1. The van der Waals surface area contributed by atoms with E-state index >= 15 is 0 Å². The third-order valence-corrected chi connectivity index (χ3v) is 4.70. The minimum absolute atomic E-state index is 0.189. The van der Waals surface area contributed by atoms with Crippen molar-refractivity contribution in [1.82, 2.24) is 15.6 Å². The number of hydrogen-bond acceptors (Lipinski definition) is 2. The van der Waals surface area contributed by atoms with Gasteiger partial charge in [0.25, 0.3) is 0 Å². The van der Waals surface area contributed by atoms with E-state index in [4.69, 9.17) is 0 Å². The summed E-state index contributed by atoms with van der Waals surface area (Å²) in [6.45, 7) is 1.94. The zero-order valence-electron chi connectivity index (χ0n) is 15.6. The smallest absolute Gasteiger partial charge is 0.220 e. The molecule has 0 atom stereocenters. The summed E-state index contributed by atoms with van der Waals surface area (Å²) in [5.41, 5.74) is 2.48. The van der Waals surface area contributed by atoms with E-state index in [2.05, 4.69) is 40.0 Å².